The maximum atomic E-state index is 9.00. The Morgan fingerprint density at radius 1 is 0.850 bits per heavy atom. The van der Waals surface area contributed by atoms with E-state index in [-0.39, 0.29) is 6.61 Å². The van der Waals surface area contributed by atoms with Crippen molar-refractivity contribution in [1.82, 2.24) is 0 Å². The fraction of sp³-hybridized carbons (Fsp3) is 0.588. The number of aliphatic hydroxyl groups excluding tert-OH is 1. The molecular formula is C17H30O3. The van der Waals surface area contributed by atoms with Gasteiger partial charge in [-0.3, -0.25) is 4.79 Å². The minimum atomic E-state index is -0.833. The second-order valence-electron chi connectivity index (χ2n) is 5.16. The number of aliphatic carboxylic acids is 1. The molecule has 0 aliphatic rings. The van der Waals surface area contributed by atoms with E-state index in [0.717, 1.165) is 32.6 Å². The molecule has 0 aliphatic heterocycles. The molecular weight excluding hydrogens is 252 g/mol. The smallest absolute Gasteiger partial charge is 0.300 e. The molecule has 2 N–H and O–H groups in total. The number of carboxylic acid groups (broad SMARTS) is 1. The maximum Gasteiger partial charge on any atom is 0.300 e. The topological polar surface area (TPSA) is 57.5 Å². The number of carbonyl (C=O) groups is 1. The molecule has 0 saturated heterocycles. The minimum Gasteiger partial charge on any atom is -0.481 e. The van der Waals surface area contributed by atoms with E-state index in [1.165, 1.54) is 16.7 Å². The molecule has 0 atom stereocenters. The van der Waals surface area contributed by atoms with Crippen molar-refractivity contribution in [3.05, 3.63) is 34.9 Å². The van der Waals surface area contributed by atoms with E-state index in [1.807, 2.05) is 6.08 Å². The normalized spacial score (nSPS) is 11.5. The lowest BCUT2D eigenvalue weighted by atomic mass is 10.1. The van der Waals surface area contributed by atoms with Crippen molar-refractivity contribution in [3.63, 3.8) is 0 Å². The summed E-state index contributed by atoms with van der Waals surface area (Å²) in [5, 5.41) is 16.1. The van der Waals surface area contributed by atoms with Gasteiger partial charge in [0.25, 0.3) is 5.97 Å². The summed E-state index contributed by atoms with van der Waals surface area (Å²) in [6, 6.07) is 0. The number of hydrogen-bond acceptors (Lipinski definition) is 2. The van der Waals surface area contributed by atoms with E-state index in [2.05, 4.69) is 39.8 Å². The number of aliphatic hydroxyl groups is 1. The zero-order chi connectivity index (χ0) is 16.0. The van der Waals surface area contributed by atoms with Crippen LogP contribution in [-0.4, -0.2) is 22.8 Å². The SMILES string of the molecule is CC(=O)O.CC(C)=CCC/C(C)=C/CC/C(C)=C\CO. The quantitative estimate of drug-likeness (QED) is 0.676. The average molecular weight is 282 g/mol. The lowest BCUT2D eigenvalue weighted by molar-refractivity contribution is -0.134. The molecule has 0 heterocycles. The van der Waals surface area contributed by atoms with Crippen molar-refractivity contribution >= 4 is 5.97 Å². The summed E-state index contributed by atoms with van der Waals surface area (Å²) >= 11 is 0. The zero-order valence-electron chi connectivity index (χ0n) is 13.6. The van der Waals surface area contributed by atoms with Crippen LogP contribution in [-0.2, 0) is 4.79 Å². The first-order chi connectivity index (χ1) is 9.29. The van der Waals surface area contributed by atoms with Crippen molar-refractivity contribution in [3.8, 4) is 0 Å². The summed E-state index contributed by atoms with van der Waals surface area (Å²) in [6.07, 6.45) is 10.9. The average Bonchev–Trinajstić information content (AvgIpc) is 2.28. The Morgan fingerprint density at radius 2 is 1.25 bits per heavy atom. The first-order valence-corrected chi connectivity index (χ1v) is 7.04. The van der Waals surface area contributed by atoms with Gasteiger partial charge in [-0.15, -0.1) is 0 Å². The van der Waals surface area contributed by atoms with Gasteiger partial charge in [-0.2, -0.15) is 0 Å². The van der Waals surface area contributed by atoms with Crippen LogP contribution >= 0.6 is 0 Å². The van der Waals surface area contributed by atoms with Crippen LogP contribution < -0.4 is 0 Å². The van der Waals surface area contributed by atoms with Gasteiger partial charge in [0.2, 0.25) is 0 Å². The monoisotopic (exact) mass is 282 g/mol. The van der Waals surface area contributed by atoms with E-state index in [4.69, 9.17) is 15.0 Å². The molecule has 0 saturated carbocycles. The summed E-state index contributed by atoms with van der Waals surface area (Å²) in [5.41, 5.74) is 4.14. The van der Waals surface area contributed by atoms with E-state index in [1.54, 1.807) is 0 Å². The molecule has 0 amide bonds. The van der Waals surface area contributed by atoms with Crippen LogP contribution in [0.2, 0.25) is 0 Å². The predicted octanol–water partition coefficient (Wildman–Crippen LogP) is 4.49. The number of hydrogen-bond donors (Lipinski definition) is 2. The van der Waals surface area contributed by atoms with Crippen LogP contribution in [0.3, 0.4) is 0 Å². The maximum absolute atomic E-state index is 9.00. The van der Waals surface area contributed by atoms with Gasteiger partial charge in [0.15, 0.2) is 0 Å². The Balaban J connectivity index is 0. The van der Waals surface area contributed by atoms with E-state index < -0.39 is 5.97 Å². The second-order valence-corrected chi connectivity index (χ2v) is 5.16. The van der Waals surface area contributed by atoms with Crippen LogP contribution in [0.15, 0.2) is 34.9 Å². The summed E-state index contributed by atoms with van der Waals surface area (Å²) in [4.78, 5) is 9.00. The molecule has 0 unspecified atom stereocenters. The molecule has 0 aromatic carbocycles. The lowest BCUT2D eigenvalue weighted by Gasteiger charge is -2.00. The van der Waals surface area contributed by atoms with Crippen LogP contribution in [0.25, 0.3) is 0 Å². The lowest BCUT2D eigenvalue weighted by Crippen LogP contribution is -1.82. The van der Waals surface area contributed by atoms with Gasteiger partial charge in [-0.05, 0) is 53.4 Å². The van der Waals surface area contributed by atoms with Crippen molar-refractivity contribution in [2.24, 2.45) is 0 Å². The summed E-state index contributed by atoms with van der Waals surface area (Å²) in [5.74, 6) is -0.833. The minimum absolute atomic E-state index is 0.162. The highest BCUT2D eigenvalue weighted by Crippen LogP contribution is 2.10. The number of allylic oxidation sites excluding steroid dienone is 5. The molecule has 20 heavy (non-hydrogen) atoms. The zero-order valence-corrected chi connectivity index (χ0v) is 13.6. The van der Waals surface area contributed by atoms with Gasteiger partial charge in [-0.25, -0.2) is 0 Å². The van der Waals surface area contributed by atoms with E-state index in [9.17, 15) is 0 Å². The Labute approximate surface area is 123 Å². The van der Waals surface area contributed by atoms with Crippen molar-refractivity contribution < 1.29 is 15.0 Å². The van der Waals surface area contributed by atoms with Crippen LogP contribution in [0.5, 0.6) is 0 Å². The summed E-state index contributed by atoms with van der Waals surface area (Å²) in [6.45, 7) is 9.80. The predicted molar refractivity (Wildman–Crippen MR) is 85.8 cm³/mol. The summed E-state index contributed by atoms with van der Waals surface area (Å²) < 4.78 is 0. The fourth-order valence-electron chi connectivity index (χ4n) is 1.49. The van der Waals surface area contributed by atoms with Crippen LogP contribution in [0, 0.1) is 0 Å². The first kappa shape index (κ1) is 21.0. The Hall–Kier alpha value is -1.35. The molecule has 0 bridgehead atoms. The largest absolute Gasteiger partial charge is 0.481 e. The third-order valence-corrected chi connectivity index (χ3v) is 2.56. The molecule has 0 spiro atoms. The van der Waals surface area contributed by atoms with Crippen molar-refractivity contribution in [1.29, 1.82) is 0 Å². The standard InChI is InChI=1S/C15H26O.C2H4O2/c1-13(2)7-5-8-14(3)9-6-10-15(4)11-12-16;1-2(3)4/h7,9,11,16H,5-6,8,10,12H2,1-4H3;1H3,(H,3,4)/b14-9+,15-11-;. The van der Waals surface area contributed by atoms with Crippen LogP contribution in [0.4, 0.5) is 0 Å². The molecule has 3 nitrogen and oxygen atoms in total. The fourth-order valence-corrected chi connectivity index (χ4v) is 1.49. The highest BCUT2D eigenvalue weighted by atomic mass is 16.4. The second kappa shape index (κ2) is 14.1. The first-order valence-electron chi connectivity index (χ1n) is 7.04. The molecule has 0 rings (SSSR count). The van der Waals surface area contributed by atoms with Gasteiger partial charge in [-0.1, -0.05) is 34.9 Å². The van der Waals surface area contributed by atoms with E-state index >= 15 is 0 Å². The molecule has 0 fully saturated rings. The third kappa shape index (κ3) is 21.9. The van der Waals surface area contributed by atoms with E-state index in [0.29, 0.717) is 0 Å². The van der Waals surface area contributed by atoms with Gasteiger partial charge < -0.3 is 10.2 Å². The molecule has 0 aromatic rings. The van der Waals surface area contributed by atoms with Gasteiger partial charge in [0.1, 0.15) is 0 Å². The van der Waals surface area contributed by atoms with Gasteiger partial charge >= 0.3 is 0 Å². The highest BCUT2D eigenvalue weighted by Gasteiger charge is 1.91. The Kier molecular flexibility index (Phi) is 14.7. The van der Waals surface area contributed by atoms with Crippen LogP contribution in [0.1, 0.15) is 60.3 Å². The molecule has 116 valence electrons. The Bertz CT molecular complexity index is 341. The molecule has 3 heteroatoms. The number of carboxylic acids is 1. The highest BCUT2D eigenvalue weighted by molar-refractivity contribution is 5.62. The number of rotatable bonds is 7. The third-order valence-electron chi connectivity index (χ3n) is 2.56. The van der Waals surface area contributed by atoms with Crippen molar-refractivity contribution in [2.45, 2.75) is 60.3 Å². The van der Waals surface area contributed by atoms with Gasteiger partial charge in [0, 0.05) is 6.92 Å². The molecule has 0 aliphatic carbocycles. The molecule has 0 aromatic heterocycles. The van der Waals surface area contributed by atoms with Crippen molar-refractivity contribution in [2.75, 3.05) is 6.61 Å². The Morgan fingerprint density at radius 3 is 1.65 bits per heavy atom. The van der Waals surface area contributed by atoms with Gasteiger partial charge in [0.05, 0.1) is 6.61 Å². The molecule has 0 radical (unpaired) electrons. The summed E-state index contributed by atoms with van der Waals surface area (Å²) in [7, 11) is 0.